The van der Waals surface area contributed by atoms with Crippen LogP contribution in [0.1, 0.15) is 56.0 Å². The van der Waals surface area contributed by atoms with Gasteiger partial charge in [0.15, 0.2) is 5.78 Å². The van der Waals surface area contributed by atoms with Crippen LogP contribution < -0.4 is 10.6 Å². The Hall–Kier alpha value is -3.73. The van der Waals surface area contributed by atoms with Crippen LogP contribution in [0.25, 0.3) is 11.1 Å². The summed E-state index contributed by atoms with van der Waals surface area (Å²) >= 11 is 0. The smallest absolute Gasteiger partial charge is 0.230 e. The first-order chi connectivity index (χ1) is 17.1. The fraction of sp³-hybridized carbons (Fsp3) is 0.323. The van der Waals surface area contributed by atoms with E-state index in [1.54, 1.807) is 0 Å². The number of anilines is 1. The van der Waals surface area contributed by atoms with Gasteiger partial charge >= 0.3 is 0 Å². The third kappa shape index (κ3) is 4.46. The second-order valence-corrected chi connectivity index (χ2v) is 11.4. The van der Waals surface area contributed by atoms with Gasteiger partial charge in [0.25, 0.3) is 0 Å². The van der Waals surface area contributed by atoms with Gasteiger partial charge in [-0.2, -0.15) is 0 Å². The summed E-state index contributed by atoms with van der Waals surface area (Å²) < 4.78 is 0. The number of benzene rings is 3. The van der Waals surface area contributed by atoms with E-state index in [9.17, 15) is 14.4 Å². The van der Waals surface area contributed by atoms with Gasteiger partial charge in [0.05, 0.1) is 0 Å². The number of carbonyl (C=O) groups excluding carboxylic acids is 3. The molecular formula is C31H32N2O3. The Morgan fingerprint density at radius 2 is 1.33 bits per heavy atom. The predicted octanol–water partition coefficient (Wildman–Crippen LogP) is 5.86. The van der Waals surface area contributed by atoms with Crippen LogP contribution in [0.2, 0.25) is 0 Å². The van der Waals surface area contributed by atoms with E-state index in [4.69, 9.17) is 0 Å². The van der Waals surface area contributed by atoms with Crippen LogP contribution in [0, 0.1) is 16.2 Å². The Kier molecular flexibility index (Phi) is 5.82. The molecule has 5 nitrogen and oxygen atoms in total. The molecule has 1 saturated carbocycles. The van der Waals surface area contributed by atoms with Crippen molar-refractivity contribution >= 4 is 23.3 Å². The van der Waals surface area contributed by atoms with Crippen LogP contribution in [0.5, 0.6) is 0 Å². The maximum absolute atomic E-state index is 13.4. The molecule has 2 amide bonds. The molecule has 0 aromatic heterocycles. The van der Waals surface area contributed by atoms with E-state index in [2.05, 4.69) is 17.6 Å². The lowest BCUT2D eigenvalue weighted by Crippen LogP contribution is -2.60. The van der Waals surface area contributed by atoms with E-state index in [-0.39, 0.29) is 23.0 Å². The molecule has 1 heterocycles. The van der Waals surface area contributed by atoms with Gasteiger partial charge in [-0.1, -0.05) is 87.5 Å². The standard InChI is InChI=1S/C31H32N2O3/c1-29-17-30(2,27(35)32-20-29)19-31(3,18-29)28(36)33-25-15-13-22(14-16-25)21-9-11-24(12-10-21)26(34)23-7-5-4-6-8-23/h4-16H,17-20H2,1-3H3,(H,32,35)(H,33,36)/t29-,30+,31-/m1/s1. The fourth-order valence-corrected chi connectivity index (χ4v) is 6.48. The Morgan fingerprint density at radius 3 is 1.97 bits per heavy atom. The zero-order valence-electron chi connectivity index (χ0n) is 21.1. The summed E-state index contributed by atoms with van der Waals surface area (Å²) in [5.74, 6) is 0.0196. The molecule has 2 bridgehead atoms. The van der Waals surface area contributed by atoms with Crippen molar-refractivity contribution in [3.05, 3.63) is 90.0 Å². The molecular weight excluding hydrogens is 448 g/mol. The van der Waals surface area contributed by atoms with E-state index < -0.39 is 10.8 Å². The van der Waals surface area contributed by atoms with Gasteiger partial charge in [-0.05, 0) is 47.9 Å². The van der Waals surface area contributed by atoms with E-state index in [1.165, 1.54) is 0 Å². The number of ketones is 1. The molecule has 0 radical (unpaired) electrons. The van der Waals surface area contributed by atoms with Gasteiger partial charge in [-0.3, -0.25) is 14.4 Å². The molecule has 1 aliphatic carbocycles. The van der Waals surface area contributed by atoms with E-state index in [0.717, 1.165) is 29.7 Å². The van der Waals surface area contributed by atoms with Crippen LogP contribution in [-0.2, 0) is 9.59 Å². The molecule has 2 aliphatic rings. The van der Waals surface area contributed by atoms with Crippen molar-refractivity contribution in [1.82, 2.24) is 5.32 Å². The molecule has 3 aromatic rings. The second kappa shape index (κ2) is 8.74. The molecule has 0 unspecified atom stereocenters. The molecule has 2 fully saturated rings. The van der Waals surface area contributed by atoms with Crippen molar-refractivity contribution in [2.24, 2.45) is 16.2 Å². The molecule has 3 aromatic carbocycles. The maximum Gasteiger partial charge on any atom is 0.230 e. The highest BCUT2D eigenvalue weighted by molar-refractivity contribution is 6.09. The number of amides is 2. The van der Waals surface area contributed by atoms with Crippen LogP contribution >= 0.6 is 0 Å². The zero-order chi connectivity index (χ0) is 25.6. The largest absolute Gasteiger partial charge is 0.355 e. The fourth-order valence-electron chi connectivity index (χ4n) is 6.48. The Balaban J connectivity index is 1.28. The summed E-state index contributed by atoms with van der Waals surface area (Å²) in [7, 11) is 0. The van der Waals surface area contributed by atoms with Gasteiger partial charge in [-0.15, -0.1) is 0 Å². The van der Waals surface area contributed by atoms with E-state index in [0.29, 0.717) is 24.1 Å². The van der Waals surface area contributed by atoms with Crippen molar-refractivity contribution in [3.8, 4) is 11.1 Å². The molecule has 2 N–H and O–H groups in total. The Labute approximate surface area is 212 Å². The van der Waals surface area contributed by atoms with Crippen molar-refractivity contribution < 1.29 is 14.4 Å². The summed E-state index contributed by atoms with van der Waals surface area (Å²) in [6.07, 6.45) is 2.10. The molecule has 36 heavy (non-hydrogen) atoms. The summed E-state index contributed by atoms with van der Waals surface area (Å²) in [6, 6.07) is 24.6. The number of piperidine rings is 1. The third-order valence-electron chi connectivity index (χ3n) is 7.85. The highest BCUT2D eigenvalue weighted by Gasteiger charge is 2.57. The number of fused-ring (bicyclic) bond motifs is 2. The quantitative estimate of drug-likeness (QED) is 0.450. The van der Waals surface area contributed by atoms with Gasteiger partial charge < -0.3 is 10.6 Å². The number of hydrogen-bond acceptors (Lipinski definition) is 3. The number of carbonyl (C=O) groups is 3. The molecule has 5 heteroatoms. The van der Waals surface area contributed by atoms with Crippen LogP contribution in [0.15, 0.2) is 78.9 Å². The SMILES string of the molecule is C[C@@]12CNC(=O)[C@@](C)(C1)C[C@](C)(C(=O)Nc1ccc(-c3ccc(C(=O)c4ccccc4)cc3)cc1)C2. The minimum atomic E-state index is -0.612. The average molecular weight is 481 g/mol. The van der Waals surface area contributed by atoms with E-state index in [1.807, 2.05) is 92.7 Å². The van der Waals surface area contributed by atoms with Gasteiger partial charge in [-0.25, -0.2) is 0 Å². The highest BCUT2D eigenvalue weighted by atomic mass is 16.2. The highest BCUT2D eigenvalue weighted by Crippen LogP contribution is 2.56. The number of hydrogen-bond donors (Lipinski definition) is 2. The number of rotatable bonds is 5. The third-order valence-corrected chi connectivity index (χ3v) is 7.85. The molecule has 0 spiro atoms. The van der Waals surface area contributed by atoms with Crippen LogP contribution in [0.4, 0.5) is 5.69 Å². The minimum Gasteiger partial charge on any atom is -0.355 e. The average Bonchev–Trinajstić information content (AvgIpc) is 2.86. The van der Waals surface area contributed by atoms with Crippen molar-refractivity contribution in [2.75, 3.05) is 11.9 Å². The Morgan fingerprint density at radius 1 is 0.750 bits per heavy atom. The normalized spacial score (nSPS) is 27.1. The van der Waals surface area contributed by atoms with Crippen molar-refractivity contribution in [1.29, 1.82) is 0 Å². The predicted molar refractivity (Wildman–Crippen MR) is 142 cm³/mol. The maximum atomic E-state index is 13.4. The first kappa shape index (κ1) is 24.0. The lowest BCUT2D eigenvalue weighted by atomic mass is 9.52. The molecule has 184 valence electrons. The van der Waals surface area contributed by atoms with Gasteiger partial charge in [0.1, 0.15) is 0 Å². The minimum absolute atomic E-state index is 0.000701. The lowest BCUT2D eigenvalue weighted by Gasteiger charge is -2.54. The summed E-state index contributed by atoms with van der Waals surface area (Å²) in [5, 5.41) is 6.14. The molecule has 5 rings (SSSR count). The molecule has 1 saturated heterocycles. The second-order valence-electron chi connectivity index (χ2n) is 11.4. The molecule has 1 aliphatic heterocycles. The van der Waals surface area contributed by atoms with Crippen molar-refractivity contribution in [3.63, 3.8) is 0 Å². The molecule has 3 atom stereocenters. The van der Waals surface area contributed by atoms with Crippen LogP contribution in [0.3, 0.4) is 0 Å². The van der Waals surface area contributed by atoms with Crippen LogP contribution in [-0.4, -0.2) is 24.1 Å². The van der Waals surface area contributed by atoms with Gasteiger partial charge in [0, 0.05) is 34.2 Å². The van der Waals surface area contributed by atoms with Gasteiger partial charge in [0.2, 0.25) is 11.8 Å². The topological polar surface area (TPSA) is 75.3 Å². The van der Waals surface area contributed by atoms with Crippen molar-refractivity contribution in [2.45, 2.75) is 40.0 Å². The first-order valence-corrected chi connectivity index (χ1v) is 12.5. The zero-order valence-corrected chi connectivity index (χ0v) is 21.1. The summed E-state index contributed by atoms with van der Waals surface area (Å²) in [5.41, 5.74) is 2.84. The number of nitrogens with one attached hydrogen (secondary N) is 2. The summed E-state index contributed by atoms with van der Waals surface area (Å²) in [6.45, 7) is 6.76. The summed E-state index contributed by atoms with van der Waals surface area (Å²) in [4.78, 5) is 38.6. The lowest BCUT2D eigenvalue weighted by molar-refractivity contribution is -0.151. The first-order valence-electron chi connectivity index (χ1n) is 12.5. The van der Waals surface area contributed by atoms with E-state index >= 15 is 0 Å². The monoisotopic (exact) mass is 480 g/mol. The Bertz CT molecular complexity index is 1320.